The van der Waals surface area contributed by atoms with Crippen molar-refractivity contribution in [3.63, 3.8) is 0 Å². The SMILES string of the molecule is CCC(C)(C)C(=O)C(=O)N1CCCCC1C(=O)OC(CCc1ccc(OC)c(OC)c1)c1cccc(NC(=O)CCC(=O)NCCOCCOCCOCCC(=O)NC[C@H](N)C(=O)N[C@@H](CC(=O)O)C(=O)N[C@@H](CS)C(=O)O)c1. The molecule has 2 unspecified atom stereocenters. The van der Waals surface area contributed by atoms with Gasteiger partial charge in [-0.15, -0.1) is 0 Å². The highest BCUT2D eigenvalue weighted by atomic mass is 32.1. The molecule has 0 saturated carbocycles. The average Bonchev–Trinajstić information content (AvgIpc) is 3.45. The number of aliphatic carboxylic acids is 2. The summed E-state index contributed by atoms with van der Waals surface area (Å²) in [5.74, 6) is -7.25. The second-order valence-electron chi connectivity index (χ2n) is 19.0. The van der Waals surface area contributed by atoms with Gasteiger partial charge in [-0.25, -0.2) is 9.59 Å². The Labute approximate surface area is 464 Å². The zero-order chi connectivity index (χ0) is 58.5. The molecule has 9 N–H and O–H groups in total. The fraction of sp³-hybridized carbons (Fsp3) is 0.585. The monoisotopic (exact) mass is 1130 g/mol. The zero-order valence-corrected chi connectivity index (χ0v) is 46.4. The predicted octanol–water partition coefficient (Wildman–Crippen LogP) is 1.48. The van der Waals surface area contributed by atoms with Crippen LogP contribution in [0.5, 0.6) is 11.5 Å². The van der Waals surface area contributed by atoms with E-state index in [1.807, 2.05) is 19.1 Å². The van der Waals surface area contributed by atoms with Gasteiger partial charge in [0.25, 0.3) is 5.91 Å². The van der Waals surface area contributed by atoms with Gasteiger partial charge in [0, 0.05) is 55.8 Å². The third-order valence-electron chi connectivity index (χ3n) is 12.7. The van der Waals surface area contributed by atoms with Crippen molar-refractivity contribution in [3.8, 4) is 11.5 Å². The number of esters is 1. The number of ketones is 1. The van der Waals surface area contributed by atoms with Crippen molar-refractivity contribution in [2.24, 2.45) is 11.1 Å². The smallest absolute Gasteiger partial charge is 0.329 e. The van der Waals surface area contributed by atoms with E-state index in [-0.39, 0.29) is 90.2 Å². The number of aryl methyl sites for hydroxylation is 1. The number of ether oxygens (including phenoxy) is 6. The van der Waals surface area contributed by atoms with E-state index in [2.05, 4.69) is 39.2 Å². The first-order chi connectivity index (χ1) is 37.6. The summed E-state index contributed by atoms with van der Waals surface area (Å²) >= 11 is 3.82. The van der Waals surface area contributed by atoms with E-state index in [0.717, 1.165) is 5.56 Å². The lowest BCUT2D eigenvalue weighted by Gasteiger charge is -2.36. The summed E-state index contributed by atoms with van der Waals surface area (Å²) in [4.78, 5) is 127. The summed E-state index contributed by atoms with van der Waals surface area (Å²) in [6, 6.07) is 6.97. The molecule has 1 heterocycles. The summed E-state index contributed by atoms with van der Waals surface area (Å²) in [7, 11) is 3.07. The number of thiol groups is 1. The number of Topliss-reactive ketones (excluding diaryl/α,β-unsaturated/α-hetero) is 1. The number of amides is 6. The van der Waals surface area contributed by atoms with Gasteiger partial charge in [-0.3, -0.25) is 38.4 Å². The molecule has 0 spiro atoms. The van der Waals surface area contributed by atoms with Gasteiger partial charge in [0.2, 0.25) is 35.3 Å². The minimum atomic E-state index is -1.63. The first kappa shape index (κ1) is 66.4. The molecule has 1 saturated heterocycles. The van der Waals surface area contributed by atoms with Crippen LogP contribution in [-0.2, 0) is 73.3 Å². The lowest BCUT2D eigenvalue weighted by Crippen LogP contribution is -2.57. The maximum absolute atomic E-state index is 14.0. The molecule has 2 aromatic carbocycles. The topological polar surface area (TPSA) is 356 Å². The van der Waals surface area contributed by atoms with Gasteiger partial charge < -0.3 is 75.9 Å². The maximum Gasteiger partial charge on any atom is 0.329 e. The number of hydrogen-bond acceptors (Lipinski definition) is 18. The third-order valence-corrected chi connectivity index (χ3v) is 13.1. The van der Waals surface area contributed by atoms with Crippen LogP contribution in [0.4, 0.5) is 5.69 Å². The number of benzene rings is 2. The Kier molecular flexibility index (Phi) is 29.3. The van der Waals surface area contributed by atoms with Crippen LogP contribution in [0.3, 0.4) is 0 Å². The van der Waals surface area contributed by atoms with Gasteiger partial charge in [0.05, 0.1) is 60.3 Å². The molecule has 3 rings (SSSR count). The van der Waals surface area contributed by atoms with Crippen molar-refractivity contribution in [2.45, 2.75) is 115 Å². The molecular formula is C53H77N7O18S. The predicted molar refractivity (Wildman–Crippen MR) is 288 cm³/mol. The lowest BCUT2D eigenvalue weighted by molar-refractivity contribution is -0.164. The van der Waals surface area contributed by atoms with E-state index < -0.39 is 95.3 Å². The number of nitrogens with one attached hydrogen (secondary N) is 5. The molecule has 1 aliphatic rings. The maximum atomic E-state index is 14.0. The molecule has 0 bridgehead atoms. The lowest BCUT2D eigenvalue weighted by atomic mass is 9.84. The largest absolute Gasteiger partial charge is 0.493 e. The molecule has 1 fully saturated rings. The summed E-state index contributed by atoms with van der Waals surface area (Å²) in [5, 5.41) is 30.4. The number of nitrogens with zero attached hydrogens (tertiary/aromatic N) is 1. The van der Waals surface area contributed by atoms with Crippen molar-refractivity contribution < 1.29 is 86.6 Å². The van der Waals surface area contributed by atoms with E-state index >= 15 is 0 Å². The van der Waals surface area contributed by atoms with Crippen molar-refractivity contribution in [1.82, 2.24) is 26.2 Å². The van der Waals surface area contributed by atoms with E-state index in [0.29, 0.717) is 61.3 Å². The van der Waals surface area contributed by atoms with E-state index in [9.17, 15) is 47.9 Å². The first-order valence-electron chi connectivity index (χ1n) is 26.0. The number of carboxylic acids is 2. The number of carbonyl (C=O) groups is 10. The molecule has 0 radical (unpaired) electrons. The number of piperidine rings is 1. The second kappa shape index (κ2) is 34.9. The minimum Gasteiger partial charge on any atom is -0.493 e. The normalized spacial score (nSPS) is 14.8. The average molecular weight is 1130 g/mol. The molecule has 5 atom stereocenters. The quantitative estimate of drug-likeness (QED) is 0.0200. The van der Waals surface area contributed by atoms with Gasteiger partial charge in [0.1, 0.15) is 30.3 Å². The molecule has 6 amide bonds. The fourth-order valence-corrected chi connectivity index (χ4v) is 7.94. The number of hydrogen-bond donors (Lipinski definition) is 9. The van der Waals surface area contributed by atoms with Crippen LogP contribution in [0.15, 0.2) is 42.5 Å². The molecule has 0 aliphatic carbocycles. The Hall–Kier alpha value is -6.87. The highest BCUT2D eigenvalue weighted by Crippen LogP contribution is 2.32. The Morgan fingerprint density at radius 2 is 1.42 bits per heavy atom. The van der Waals surface area contributed by atoms with Crippen molar-refractivity contribution in [3.05, 3.63) is 53.6 Å². The van der Waals surface area contributed by atoms with Crippen LogP contribution in [0.1, 0.15) is 95.8 Å². The highest BCUT2D eigenvalue weighted by Gasteiger charge is 2.41. The van der Waals surface area contributed by atoms with Crippen LogP contribution in [0.25, 0.3) is 0 Å². The second-order valence-corrected chi connectivity index (χ2v) is 19.4. The zero-order valence-electron chi connectivity index (χ0n) is 45.5. The highest BCUT2D eigenvalue weighted by molar-refractivity contribution is 7.80. The molecular weight excluding hydrogens is 1050 g/mol. The molecule has 438 valence electrons. The van der Waals surface area contributed by atoms with Crippen LogP contribution in [-0.4, -0.2) is 178 Å². The Bertz CT molecular complexity index is 2390. The number of likely N-dealkylation sites (tertiary alicyclic amines) is 1. The number of anilines is 1. The summed E-state index contributed by atoms with van der Waals surface area (Å²) < 4.78 is 33.4. The molecule has 1 aliphatic heterocycles. The molecule has 2 aromatic rings. The van der Waals surface area contributed by atoms with Gasteiger partial charge in [-0.2, -0.15) is 12.6 Å². The summed E-state index contributed by atoms with van der Waals surface area (Å²) in [5.41, 5.74) is 6.77. The van der Waals surface area contributed by atoms with Crippen molar-refractivity contribution in [1.29, 1.82) is 0 Å². The van der Waals surface area contributed by atoms with Crippen LogP contribution in [0, 0.1) is 5.41 Å². The fourth-order valence-electron chi connectivity index (χ4n) is 7.70. The van der Waals surface area contributed by atoms with E-state index in [4.69, 9.17) is 44.4 Å². The summed E-state index contributed by atoms with van der Waals surface area (Å²) in [6.45, 7) is 6.28. The number of nitrogens with two attached hydrogens (primary N) is 1. The molecule has 79 heavy (non-hydrogen) atoms. The van der Waals surface area contributed by atoms with Crippen LogP contribution >= 0.6 is 12.6 Å². The number of rotatable bonds is 37. The van der Waals surface area contributed by atoms with Crippen molar-refractivity contribution >= 4 is 77.5 Å². The van der Waals surface area contributed by atoms with Crippen LogP contribution < -0.4 is 41.8 Å². The van der Waals surface area contributed by atoms with Gasteiger partial charge in [-0.05, 0) is 73.9 Å². The summed E-state index contributed by atoms with van der Waals surface area (Å²) in [6.07, 6.45) is 0.896. The van der Waals surface area contributed by atoms with Crippen LogP contribution in [0.2, 0.25) is 0 Å². The third kappa shape index (κ3) is 23.6. The first-order valence-corrected chi connectivity index (χ1v) is 26.6. The standard InChI is InChI=1S/C53H77N7O18S/c1-6-53(2,3)47(66)50(69)60-21-8-7-12-39(60)52(72)78-40(15-13-33-14-16-41(73-4)42(28-33)74-5)34-10-9-11-35(29-34)57-45(63)18-17-43(61)55-20-23-76-25-27-77-26-24-75-22-19-44(62)56-31-36(54)48(67)58-37(30-46(64)65)49(68)59-38(32-79)51(70)71/h9-11,14,16,28-29,36-40,79H,6-8,12-13,15,17-27,30-32,54H2,1-5H3,(H,55,61)(H,56,62)(H,57,63)(H,58,67)(H,59,68)(H,64,65)(H,70,71)/t36-,37-,38-,39?,40?/m0/s1. The molecule has 25 nitrogen and oxygen atoms in total. The Balaban J connectivity index is 1.37. The van der Waals surface area contributed by atoms with Gasteiger partial charge in [0.15, 0.2) is 11.5 Å². The minimum absolute atomic E-state index is 0.0105. The number of carboxylic acid groups (broad SMARTS) is 2. The number of methoxy groups -OCH3 is 2. The van der Waals surface area contributed by atoms with Gasteiger partial charge in [-0.1, -0.05) is 39.0 Å². The molecule has 0 aromatic heterocycles. The number of carbonyl (C=O) groups excluding carboxylic acids is 8. The Morgan fingerprint density at radius 1 is 0.772 bits per heavy atom. The van der Waals surface area contributed by atoms with Gasteiger partial charge >= 0.3 is 17.9 Å². The van der Waals surface area contributed by atoms with E-state index in [1.165, 1.54) is 19.1 Å². The van der Waals surface area contributed by atoms with E-state index in [1.54, 1.807) is 44.2 Å². The Morgan fingerprint density at radius 3 is 2.06 bits per heavy atom. The van der Waals surface area contributed by atoms with Crippen molar-refractivity contribution in [2.75, 3.05) is 84.6 Å². The molecule has 26 heteroatoms.